The Kier molecular flexibility index (Phi) is 1.92. The molecular formula is C10H13N5O2+2. The number of H-pyrrole nitrogens is 2. The van der Waals surface area contributed by atoms with Crippen LogP contribution in [0.25, 0.3) is 11.2 Å². The fourth-order valence-corrected chi connectivity index (χ4v) is 1.87. The van der Waals surface area contributed by atoms with E-state index >= 15 is 0 Å². The van der Waals surface area contributed by atoms with Gasteiger partial charge in [0.2, 0.25) is 0 Å². The Labute approximate surface area is 95.7 Å². The van der Waals surface area contributed by atoms with Crippen LogP contribution in [0.1, 0.15) is 24.6 Å². The van der Waals surface area contributed by atoms with Gasteiger partial charge in [-0.3, -0.25) is 4.79 Å². The molecule has 2 heterocycles. The first-order chi connectivity index (χ1) is 8.08. The van der Waals surface area contributed by atoms with Crippen molar-refractivity contribution in [3.8, 4) is 0 Å². The number of hydrogen-bond donors (Lipinski definition) is 1. The Bertz CT molecular complexity index is 726. The molecule has 2 N–H and O–H groups in total. The maximum atomic E-state index is 12.0. The summed E-state index contributed by atoms with van der Waals surface area (Å²) in [5, 5.41) is 4.32. The van der Waals surface area contributed by atoms with E-state index in [0.717, 1.165) is 23.2 Å². The van der Waals surface area contributed by atoms with Crippen molar-refractivity contribution in [3.05, 3.63) is 26.7 Å². The van der Waals surface area contributed by atoms with Crippen LogP contribution in [0.5, 0.6) is 0 Å². The molecule has 1 aliphatic carbocycles. The molecule has 1 aliphatic rings. The van der Waals surface area contributed by atoms with Crippen molar-refractivity contribution in [1.29, 1.82) is 0 Å². The molecule has 7 nitrogen and oxygen atoms in total. The fourth-order valence-electron chi connectivity index (χ4n) is 1.87. The van der Waals surface area contributed by atoms with E-state index < -0.39 is 5.69 Å². The fraction of sp³-hybridized carbons (Fsp3) is 0.500. The highest BCUT2D eigenvalue weighted by Gasteiger charge is 2.36. The van der Waals surface area contributed by atoms with Gasteiger partial charge in [0.05, 0.1) is 5.92 Å². The van der Waals surface area contributed by atoms with Crippen LogP contribution in [0.4, 0.5) is 0 Å². The van der Waals surface area contributed by atoms with E-state index in [-0.39, 0.29) is 5.56 Å². The zero-order valence-electron chi connectivity index (χ0n) is 9.65. The van der Waals surface area contributed by atoms with Crippen molar-refractivity contribution in [2.75, 3.05) is 0 Å². The summed E-state index contributed by atoms with van der Waals surface area (Å²) < 4.78 is 2.60. The minimum atomic E-state index is -0.438. The lowest BCUT2D eigenvalue weighted by atomic mass is 10.4. The van der Waals surface area contributed by atoms with Crippen LogP contribution in [-0.4, -0.2) is 14.6 Å². The van der Waals surface area contributed by atoms with Gasteiger partial charge in [0.25, 0.3) is 5.52 Å². The van der Waals surface area contributed by atoms with Crippen LogP contribution in [0.15, 0.2) is 9.59 Å². The van der Waals surface area contributed by atoms with E-state index in [9.17, 15) is 9.59 Å². The third-order valence-electron chi connectivity index (χ3n) is 3.08. The molecule has 0 unspecified atom stereocenters. The van der Waals surface area contributed by atoms with Crippen molar-refractivity contribution in [2.45, 2.75) is 18.8 Å². The lowest BCUT2D eigenvalue weighted by Gasteiger charge is -1.94. The summed E-state index contributed by atoms with van der Waals surface area (Å²) >= 11 is 0. The highest BCUT2D eigenvalue weighted by molar-refractivity contribution is 5.59. The quantitative estimate of drug-likeness (QED) is 0.588. The van der Waals surface area contributed by atoms with Crippen molar-refractivity contribution in [3.63, 3.8) is 0 Å². The largest absolute Gasteiger partial charge is 0.416 e. The summed E-state index contributed by atoms with van der Waals surface area (Å²) in [4.78, 5) is 29.1. The minimum Gasteiger partial charge on any atom is -0.264 e. The second kappa shape index (κ2) is 3.22. The number of hydrogen-bond acceptors (Lipinski definition) is 3. The van der Waals surface area contributed by atoms with Gasteiger partial charge in [0.1, 0.15) is 12.1 Å². The topological polar surface area (TPSA) is 85.8 Å². The van der Waals surface area contributed by atoms with Crippen molar-refractivity contribution in [1.82, 2.24) is 14.6 Å². The number of nitrogens with one attached hydrogen (secondary N) is 2. The first kappa shape index (κ1) is 10.1. The molecule has 88 valence electrons. The Morgan fingerprint density at radius 2 is 2.18 bits per heavy atom. The molecule has 0 bridgehead atoms. The SMILES string of the molecule is Cn1c(=O)[nH]c2c([nH+]c(C3CC3)n[n+]2C)c1=O. The predicted molar refractivity (Wildman–Crippen MR) is 57.3 cm³/mol. The average molecular weight is 235 g/mol. The van der Waals surface area contributed by atoms with Crippen LogP contribution >= 0.6 is 0 Å². The molecular weight excluding hydrogens is 222 g/mol. The molecule has 2 aromatic heterocycles. The predicted octanol–water partition coefficient (Wildman–Crippen LogP) is -1.86. The number of aromatic nitrogens is 5. The Morgan fingerprint density at radius 3 is 2.82 bits per heavy atom. The maximum absolute atomic E-state index is 12.0. The minimum absolute atomic E-state index is 0.330. The van der Waals surface area contributed by atoms with E-state index in [0.29, 0.717) is 17.1 Å². The summed E-state index contributed by atoms with van der Waals surface area (Å²) in [6.45, 7) is 0. The van der Waals surface area contributed by atoms with Gasteiger partial charge in [0, 0.05) is 7.05 Å². The molecule has 2 aromatic rings. The smallest absolute Gasteiger partial charge is 0.264 e. The number of fused-ring (bicyclic) bond motifs is 1. The van der Waals surface area contributed by atoms with Gasteiger partial charge in [-0.2, -0.15) is 4.98 Å². The summed E-state index contributed by atoms with van der Waals surface area (Å²) in [5.41, 5.74) is 0.0464. The van der Waals surface area contributed by atoms with Crippen LogP contribution < -0.4 is 20.9 Å². The molecule has 3 rings (SSSR count). The number of nitrogens with zero attached hydrogens (tertiary/aromatic N) is 3. The third-order valence-corrected chi connectivity index (χ3v) is 3.08. The Balaban J connectivity index is 2.44. The lowest BCUT2D eigenvalue weighted by Crippen LogP contribution is -2.46. The molecule has 0 atom stereocenters. The van der Waals surface area contributed by atoms with Gasteiger partial charge in [-0.15, -0.1) is 0 Å². The van der Waals surface area contributed by atoms with Crippen molar-refractivity contribution in [2.24, 2.45) is 14.1 Å². The zero-order chi connectivity index (χ0) is 12.2. The summed E-state index contributed by atoms with van der Waals surface area (Å²) in [7, 11) is 3.17. The van der Waals surface area contributed by atoms with E-state index in [1.165, 1.54) is 7.05 Å². The van der Waals surface area contributed by atoms with Crippen molar-refractivity contribution >= 4 is 11.2 Å². The van der Waals surface area contributed by atoms with Crippen molar-refractivity contribution < 1.29 is 9.67 Å². The van der Waals surface area contributed by atoms with Gasteiger partial charge >= 0.3 is 22.7 Å². The van der Waals surface area contributed by atoms with Gasteiger partial charge in [0.15, 0.2) is 0 Å². The highest BCUT2D eigenvalue weighted by Crippen LogP contribution is 2.36. The molecule has 1 fully saturated rings. The molecule has 1 saturated carbocycles. The molecule has 0 aliphatic heterocycles. The highest BCUT2D eigenvalue weighted by atomic mass is 16.2. The van der Waals surface area contributed by atoms with Gasteiger partial charge in [-0.05, 0) is 17.5 Å². The number of rotatable bonds is 1. The normalized spacial score (nSPS) is 15.4. The number of aryl methyl sites for hydroxylation is 1. The molecule has 0 spiro atoms. The van der Waals surface area contributed by atoms with Crippen LogP contribution in [-0.2, 0) is 14.1 Å². The molecule has 7 heteroatoms. The first-order valence-corrected chi connectivity index (χ1v) is 5.50. The molecule has 0 aromatic carbocycles. The standard InChI is InChI=1S/C10H11N5O2/c1-14-9(16)6-8(12-10(14)17)15(2)13-7(11-6)5-3-4-5/h5H,3-4H2,1-2H3/p+2. The average Bonchev–Trinajstić information content (AvgIpc) is 3.11. The zero-order valence-corrected chi connectivity index (χ0v) is 9.65. The van der Waals surface area contributed by atoms with Gasteiger partial charge in [-0.1, -0.05) is 0 Å². The summed E-state index contributed by atoms with van der Waals surface area (Å²) in [5.74, 6) is 1.23. The summed E-state index contributed by atoms with van der Waals surface area (Å²) in [6, 6.07) is 0. The van der Waals surface area contributed by atoms with E-state index in [1.54, 1.807) is 11.7 Å². The van der Waals surface area contributed by atoms with Gasteiger partial charge in [-0.25, -0.2) is 14.3 Å². The summed E-state index contributed by atoms with van der Waals surface area (Å²) in [6.07, 6.45) is 2.19. The van der Waals surface area contributed by atoms with Gasteiger partial charge < -0.3 is 0 Å². The molecule has 0 radical (unpaired) electrons. The molecule has 0 amide bonds. The second-order valence-corrected chi connectivity index (χ2v) is 4.43. The molecule has 17 heavy (non-hydrogen) atoms. The van der Waals surface area contributed by atoms with E-state index in [1.807, 2.05) is 0 Å². The lowest BCUT2D eigenvalue weighted by molar-refractivity contribution is -0.718. The molecule has 0 saturated heterocycles. The number of aromatic amines is 2. The monoisotopic (exact) mass is 235 g/mol. The van der Waals surface area contributed by atoms with E-state index in [4.69, 9.17) is 0 Å². The van der Waals surface area contributed by atoms with Crippen LogP contribution in [0, 0.1) is 0 Å². The first-order valence-electron chi connectivity index (χ1n) is 5.50. The Morgan fingerprint density at radius 1 is 1.47 bits per heavy atom. The van der Waals surface area contributed by atoms with Crippen LogP contribution in [0.2, 0.25) is 0 Å². The third kappa shape index (κ3) is 1.46. The van der Waals surface area contributed by atoms with E-state index in [2.05, 4.69) is 15.1 Å². The second-order valence-electron chi connectivity index (χ2n) is 4.43. The Hall–Kier alpha value is -2.05. The maximum Gasteiger partial charge on any atom is 0.416 e. The van der Waals surface area contributed by atoms with Crippen LogP contribution in [0.3, 0.4) is 0 Å².